The average Bonchev–Trinajstić information content (AvgIpc) is 2.15. The van der Waals surface area contributed by atoms with Crippen LogP contribution < -0.4 is 0 Å². The number of ether oxygens (including phenoxy) is 1. The molecule has 1 aliphatic carbocycles. The van der Waals surface area contributed by atoms with Crippen molar-refractivity contribution >= 4 is 0 Å². The van der Waals surface area contributed by atoms with E-state index in [0.717, 1.165) is 12.5 Å². The number of rotatable bonds is 5. The van der Waals surface area contributed by atoms with Gasteiger partial charge in [0.1, 0.15) is 6.79 Å². The molecule has 14 heavy (non-hydrogen) atoms. The van der Waals surface area contributed by atoms with Crippen molar-refractivity contribution in [3.63, 3.8) is 0 Å². The lowest BCUT2D eigenvalue weighted by Crippen LogP contribution is -2.32. The number of hydrogen-bond donors (Lipinski definition) is 1. The van der Waals surface area contributed by atoms with Crippen molar-refractivity contribution in [2.45, 2.75) is 52.4 Å². The molecular weight excluding hydrogens is 176 g/mol. The third-order valence-electron chi connectivity index (χ3n) is 3.47. The van der Waals surface area contributed by atoms with Crippen LogP contribution in [0.2, 0.25) is 0 Å². The Hall–Kier alpha value is -0.0800. The summed E-state index contributed by atoms with van der Waals surface area (Å²) in [5, 5.41) is 8.72. The van der Waals surface area contributed by atoms with Gasteiger partial charge in [-0.3, -0.25) is 0 Å². The van der Waals surface area contributed by atoms with Gasteiger partial charge in [0.05, 0.1) is 6.61 Å². The first-order valence-corrected chi connectivity index (χ1v) is 5.91. The molecule has 2 atom stereocenters. The van der Waals surface area contributed by atoms with Crippen LogP contribution in [0.3, 0.4) is 0 Å². The minimum atomic E-state index is -0.125. The minimum Gasteiger partial charge on any atom is -0.371 e. The Morgan fingerprint density at radius 2 is 2.29 bits per heavy atom. The molecule has 0 aromatic heterocycles. The molecule has 0 heterocycles. The summed E-state index contributed by atoms with van der Waals surface area (Å²) in [5.74, 6) is 0.831. The zero-order valence-corrected chi connectivity index (χ0v) is 9.59. The maximum absolute atomic E-state index is 8.72. The molecular formula is C12H24O2. The van der Waals surface area contributed by atoms with E-state index < -0.39 is 0 Å². The van der Waals surface area contributed by atoms with E-state index in [1.54, 1.807) is 0 Å². The molecule has 0 aliphatic heterocycles. The van der Waals surface area contributed by atoms with E-state index in [-0.39, 0.29) is 6.79 Å². The fourth-order valence-electron chi connectivity index (χ4n) is 2.99. The standard InChI is InChI=1S/C12H24O2/c1-3-6-12(9-14-10-13)7-4-5-11(2)8-12/h11,13H,3-10H2,1-2H3/t11-,12?/m1/s1. The lowest BCUT2D eigenvalue weighted by molar-refractivity contribution is -0.0630. The van der Waals surface area contributed by atoms with Crippen molar-refractivity contribution in [3.05, 3.63) is 0 Å². The average molecular weight is 200 g/mol. The van der Waals surface area contributed by atoms with Crippen molar-refractivity contribution in [1.82, 2.24) is 0 Å². The van der Waals surface area contributed by atoms with Crippen molar-refractivity contribution in [3.8, 4) is 0 Å². The molecule has 0 radical (unpaired) electrons. The topological polar surface area (TPSA) is 29.5 Å². The first-order chi connectivity index (χ1) is 6.72. The van der Waals surface area contributed by atoms with E-state index in [9.17, 15) is 0 Å². The van der Waals surface area contributed by atoms with Gasteiger partial charge < -0.3 is 9.84 Å². The van der Waals surface area contributed by atoms with Crippen LogP contribution in [-0.2, 0) is 4.74 Å². The lowest BCUT2D eigenvalue weighted by atomic mass is 9.68. The Morgan fingerprint density at radius 1 is 1.50 bits per heavy atom. The minimum absolute atomic E-state index is 0.125. The molecule has 1 rings (SSSR count). The van der Waals surface area contributed by atoms with Crippen molar-refractivity contribution < 1.29 is 9.84 Å². The van der Waals surface area contributed by atoms with E-state index in [0.29, 0.717) is 5.41 Å². The van der Waals surface area contributed by atoms with Crippen LogP contribution in [0.5, 0.6) is 0 Å². The molecule has 2 heteroatoms. The summed E-state index contributed by atoms with van der Waals surface area (Å²) in [7, 11) is 0. The van der Waals surface area contributed by atoms with Crippen LogP contribution in [0, 0.1) is 11.3 Å². The Labute approximate surface area is 87.7 Å². The molecule has 0 aromatic carbocycles. The van der Waals surface area contributed by atoms with Crippen molar-refractivity contribution in [2.75, 3.05) is 13.4 Å². The first-order valence-electron chi connectivity index (χ1n) is 5.91. The molecule has 84 valence electrons. The van der Waals surface area contributed by atoms with Crippen LogP contribution in [-0.4, -0.2) is 18.5 Å². The van der Waals surface area contributed by atoms with Gasteiger partial charge in [0.2, 0.25) is 0 Å². The molecule has 1 saturated carbocycles. The zero-order valence-electron chi connectivity index (χ0n) is 9.59. The molecule has 0 saturated heterocycles. The van der Waals surface area contributed by atoms with Gasteiger partial charge in [0.25, 0.3) is 0 Å². The van der Waals surface area contributed by atoms with Gasteiger partial charge in [0, 0.05) is 0 Å². The van der Waals surface area contributed by atoms with Crippen LogP contribution in [0.4, 0.5) is 0 Å². The fourth-order valence-corrected chi connectivity index (χ4v) is 2.99. The normalized spacial score (nSPS) is 33.2. The third-order valence-corrected chi connectivity index (χ3v) is 3.47. The first kappa shape index (κ1) is 12.0. The lowest BCUT2D eigenvalue weighted by Gasteiger charge is -2.39. The van der Waals surface area contributed by atoms with Crippen LogP contribution >= 0.6 is 0 Å². The maximum atomic E-state index is 8.72. The number of hydrogen-bond acceptors (Lipinski definition) is 2. The maximum Gasteiger partial charge on any atom is 0.143 e. The Morgan fingerprint density at radius 3 is 2.86 bits per heavy atom. The van der Waals surface area contributed by atoms with Crippen LogP contribution in [0.25, 0.3) is 0 Å². The highest BCUT2D eigenvalue weighted by atomic mass is 16.6. The number of aliphatic hydroxyl groups is 1. The molecule has 0 bridgehead atoms. The quantitative estimate of drug-likeness (QED) is 0.691. The van der Waals surface area contributed by atoms with Gasteiger partial charge in [-0.1, -0.05) is 33.1 Å². The Bertz CT molecular complexity index is 154. The molecule has 2 nitrogen and oxygen atoms in total. The molecule has 1 N–H and O–H groups in total. The van der Waals surface area contributed by atoms with E-state index >= 15 is 0 Å². The summed E-state index contributed by atoms with van der Waals surface area (Å²) in [6.07, 6.45) is 7.73. The second kappa shape index (κ2) is 5.72. The summed E-state index contributed by atoms with van der Waals surface area (Å²) in [6, 6.07) is 0. The SMILES string of the molecule is CCCC1(COCO)CCC[C@@H](C)C1. The van der Waals surface area contributed by atoms with Gasteiger partial charge in [0.15, 0.2) is 0 Å². The Kier molecular flexibility index (Phi) is 4.90. The van der Waals surface area contributed by atoms with Crippen LogP contribution in [0.15, 0.2) is 0 Å². The van der Waals surface area contributed by atoms with E-state index in [4.69, 9.17) is 9.84 Å². The van der Waals surface area contributed by atoms with E-state index in [1.807, 2.05) is 0 Å². The van der Waals surface area contributed by atoms with Gasteiger partial charge >= 0.3 is 0 Å². The van der Waals surface area contributed by atoms with Gasteiger partial charge in [-0.15, -0.1) is 0 Å². The summed E-state index contributed by atoms with van der Waals surface area (Å²) in [6.45, 7) is 5.20. The second-order valence-electron chi connectivity index (χ2n) is 4.93. The summed E-state index contributed by atoms with van der Waals surface area (Å²) < 4.78 is 5.23. The van der Waals surface area contributed by atoms with Crippen molar-refractivity contribution in [1.29, 1.82) is 0 Å². The largest absolute Gasteiger partial charge is 0.371 e. The predicted molar refractivity (Wildman–Crippen MR) is 58.0 cm³/mol. The molecule has 0 aromatic rings. The zero-order chi connectivity index (χ0) is 10.4. The van der Waals surface area contributed by atoms with E-state index in [2.05, 4.69) is 13.8 Å². The summed E-state index contributed by atoms with van der Waals surface area (Å²) in [4.78, 5) is 0. The van der Waals surface area contributed by atoms with Crippen molar-refractivity contribution in [2.24, 2.45) is 11.3 Å². The van der Waals surface area contributed by atoms with Gasteiger partial charge in [-0.05, 0) is 30.6 Å². The van der Waals surface area contributed by atoms with Gasteiger partial charge in [-0.25, -0.2) is 0 Å². The highest BCUT2D eigenvalue weighted by Crippen LogP contribution is 2.42. The van der Waals surface area contributed by atoms with E-state index in [1.165, 1.54) is 38.5 Å². The fraction of sp³-hybridized carbons (Fsp3) is 1.00. The molecule has 1 fully saturated rings. The smallest absolute Gasteiger partial charge is 0.143 e. The molecule has 1 aliphatic rings. The summed E-state index contributed by atoms with van der Waals surface area (Å²) >= 11 is 0. The summed E-state index contributed by atoms with van der Waals surface area (Å²) in [5.41, 5.74) is 0.370. The highest BCUT2D eigenvalue weighted by molar-refractivity contribution is 4.84. The number of aliphatic hydroxyl groups excluding tert-OH is 1. The molecule has 1 unspecified atom stereocenters. The monoisotopic (exact) mass is 200 g/mol. The Balaban J connectivity index is 2.50. The third kappa shape index (κ3) is 3.25. The molecule has 0 amide bonds. The molecule has 0 spiro atoms. The van der Waals surface area contributed by atoms with Crippen LogP contribution in [0.1, 0.15) is 52.4 Å². The highest BCUT2D eigenvalue weighted by Gasteiger charge is 2.34. The second-order valence-corrected chi connectivity index (χ2v) is 4.93. The van der Waals surface area contributed by atoms with Gasteiger partial charge in [-0.2, -0.15) is 0 Å². The predicted octanol–water partition coefficient (Wildman–Crippen LogP) is 2.95.